The number of amides is 2. The number of phenols is 1. The molecule has 3 rings (SSSR count). The van der Waals surface area contributed by atoms with Gasteiger partial charge in [0.1, 0.15) is 11.8 Å². The third-order valence-electron chi connectivity index (χ3n) is 4.02. The Morgan fingerprint density at radius 2 is 1.86 bits per heavy atom. The van der Waals surface area contributed by atoms with Gasteiger partial charge >= 0.3 is 0 Å². The van der Waals surface area contributed by atoms with Gasteiger partial charge in [-0.05, 0) is 35.7 Å². The van der Waals surface area contributed by atoms with Gasteiger partial charge in [0.2, 0.25) is 0 Å². The van der Waals surface area contributed by atoms with Gasteiger partial charge in [-0.25, -0.2) is 5.48 Å². The monoisotopic (exact) mass is 300 g/mol. The van der Waals surface area contributed by atoms with Crippen LogP contribution in [0.4, 0.5) is 0 Å². The molecule has 0 aromatic heterocycles. The summed E-state index contributed by atoms with van der Waals surface area (Å²) in [6.45, 7) is 0.420. The molecule has 2 amide bonds. The van der Waals surface area contributed by atoms with Crippen molar-refractivity contribution in [3.05, 3.63) is 42.0 Å². The molecule has 1 unspecified atom stereocenters. The molecule has 1 aliphatic heterocycles. The zero-order chi connectivity index (χ0) is 15.7. The number of fused-ring (bicyclic) bond motifs is 1. The number of phenolic OH excluding ortho intramolecular Hbond substituents is 1. The Morgan fingerprint density at radius 3 is 2.55 bits per heavy atom. The predicted octanol–water partition coefficient (Wildman–Crippen LogP) is 1.66. The number of nitrogens with one attached hydrogen (secondary N) is 1. The molecule has 0 aliphatic carbocycles. The Morgan fingerprint density at radius 1 is 1.18 bits per heavy atom. The average molecular weight is 300 g/mol. The summed E-state index contributed by atoms with van der Waals surface area (Å²) in [6, 6.07) is 9.87. The van der Waals surface area contributed by atoms with Crippen LogP contribution in [0.5, 0.6) is 5.75 Å². The summed E-state index contributed by atoms with van der Waals surface area (Å²) < 4.78 is 0. The molecule has 1 atom stereocenters. The fraction of sp³-hybridized carbons (Fsp3) is 0.250. The fourth-order valence-electron chi connectivity index (χ4n) is 2.91. The van der Waals surface area contributed by atoms with E-state index in [-0.39, 0.29) is 11.3 Å². The lowest BCUT2D eigenvalue weighted by Gasteiger charge is -2.23. The van der Waals surface area contributed by atoms with Gasteiger partial charge < -0.3 is 10.0 Å². The molecule has 6 heteroatoms. The second-order valence-corrected chi connectivity index (χ2v) is 5.35. The summed E-state index contributed by atoms with van der Waals surface area (Å²) in [5.41, 5.74) is 1.76. The van der Waals surface area contributed by atoms with E-state index in [0.717, 1.165) is 10.8 Å². The van der Waals surface area contributed by atoms with Crippen LogP contribution in [0.2, 0.25) is 0 Å². The molecule has 2 aromatic carbocycles. The number of carbonyl (C=O) groups is 2. The van der Waals surface area contributed by atoms with E-state index in [0.29, 0.717) is 19.4 Å². The topological polar surface area (TPSA) is 89.9 Å². The number of benzene rings is 2. The molecule has 2 aromatic rings. The van der Waals surface area contributed by atoms with Crippen molar-refractivity contribution < 1.29 is 19.9 Å². The summed E-state index contributed by atoms with van der Waals surface area (Å²) in [6.07, 6.45) is 1.17. The zero-order valence-electron chi connectivity index (χ0n) is 11.8. The van der Waals surface area contributed by atoms with E-state index in [4.69, 9.17) is 5.21 Å². The summed E-state index contributed by atoms with van der Waals surface area (Å²) in [5.74, 6) is -1.13. The Hall–Kier alpha value is -2.60. The van der Waals surface area contributed by atoms with Gasteiger partial charge in [0.05, 0.1) is 5.56 Å². The number of hydrogen-bond donors (Lipinski definition) is 3. The smallest absolute Gasteiger partial charge is 0.266 e. The number of carbonyl (C=O) groups excluding carboxylic acids is 2. The van der Waals surface area contributed by atoms with Crippen molar-refractivity contribution in [3.63, 3.8) is 0 Å². The molecule has 6 nitrogen and oxygen atoms in total. The van der Waals surface area contributed by atoms with Crippen molar-refractivity contribution in [2.45, 2.75) is 18.9 Å². The summed E-state index contributed by atoms with van der Waals surface area (Å²) in [4.78, 5) is 25.7. The second-order valence-electron chi connectivity index (χ2n) is 5.35. The summed E-state index contributed by atoms with van der Waals surface area (Å²) >= 11 is 0. The third kappa shape index (κ3) is 2.37. The minimum Gasteiger partial charge on any atom is -0.507 e. The van der Waals surface area contributed by atoms with Crippen molar-refractivity contribution >= 4 is 22.6 Å². The molecular weight excluding hydrogens is 284 g/mol. The third-order valence-corrected chi connectivity index (χ3v) is 4.02. The zero-order valence-corrected chi connectivity index (χ0v) is 11.8. The molecule has 0 spiro atoms. The second kappa shape index (κ2) is 5.65. The van der Waals surface area contributed by atoms with Crippen LogP contribution in [-0.4, -0.2) is 39.6 Å². The van der Waals surface area contributed by atoms with E-state index in [2.05, 4.69) is 0 Å². The number of likely N-dealkylation sites (tertiary alicyclic amines) is 1. The largest absolute Gasteiger partial charge is 0.507 e. The van der Waals surface area contributed by atoms with Crippen LogP contribution in [0.3, 0.4) is 0 Å². The Balaban J connectivity index is 1.98. The molecule has 114 valence electrons. The van der Waals surface area contributed by atoms with E-state index in [1.54, 1.807) is 17.6 Å². The number of aromatic hydroxyl groups is 1. The van der Waals surface area contributed by atoms with Crippen LogP contribution in [0, 0.1) is 0 Å². The first-order valence-corrected chi connectivity index (χ1v) is 7.08. The van der Waals surface area contributed by atoms with Crippen molar-refractivity contribution in [2.24, 2.45) is 0 Å². The quantitative estimate of drug-likeness (QED) is 0.581. The van der Waals surface area contributed by atoms with Crippen molar-refractivity contribution in [2.75, 3.05) is 6.54 Å². The highest BCUT2D eigenvalue weighted by Gasteiger charge is 2.35. The maximum absolute atomic E-state index is 12.6. The van der Waals surface area contributed by atoms with Crippen molar-refractivity contribution in [3.8, 4) is 5.75 Å². The maximum Gasteiger partial charge on any atom is 0.266 e. The number of hydroxylamine groups is 1. The average Bonchev–Trinajstić information content (AvgIpc) is 3.02. The van der Waals surface area contributed by atoms with Gasteiger partial charge in [0, 0.05) is 6.54 Å². The first-order chi connectivity index (χ1) is 10.6. The molecule has 0 radical (unpaired) electrons. The Bertz CT molecular complexity index is 744. The van der Waals surface area contributed by atoms with Gasteiger partial charge in [-0.3, -0.25) is 14.8 Å². The van der Waals surface area contributed by atoms with Gasteiger partial charge in [-0.2, -0.15) is 0 Å². The lowest BCUT2D eigenvalue weighted by molar-refractivity contribution is -0.133. The SMILES string of the molecule is O=C(NO)C1CCCN1C(=O)c1cc2ccccc2cc1O. The van der Waals surface area contributed by atoms with Crippen LogP contribution >= 0.6 is 0 Å². The molecule has 3 N–H and O–H groups in total. The van der Waals surface area contributed by atoms with E-state index in [1.165, 1.54) is 4.90 Å². The Kier molecular flexibility index (Phi) is 3.68. The number of rotatable bonds is 2. The summed E-state index contributed by atoms with van der Waals surface area (Å²) in [5, 5.41) is 20.6. The van der Waals surface area contributed by atoms with Gasteiger partial charge in [0.15, 0.2) is 0 Å². The summed E-state index contributed by atoms with van der Waals surface area (Å²) in [7, 11) is 0. The molecule has 0 bridgehead atoms. The molecule has 1 heterocycles. The molecular formula is C16H16N2O4. The van der Waals surface area contributed by atoms with Crippen LogP contribution in [0.1, 0.15) is 23.2 Å². The maximum atomic E-state index is 12.6. The number of nitrogens with zero attached hydrogens (tertiary/aromatic N) is 1. The molecule has 22 heavy (non-hydrogen) atoms. The fourth-order valence-corrected chi connectivity index (χ4v) is 2.91. The van der Waals surface area contributed by atoms with E-state index < -0.39 is 17.9 Å². The standard InChI is InChI=1S/C16H16N2O4/c19-14-9-11-5-2-1-4-10(11)8-12(14)16(21)18-7-3-6-13(18)15(20)17-22/h1-2,4-5,8-9,13,19,22H,3,6-7H2,(H,17,20). The van der Waals surface area contributed by atoms with E-state index in [9.17, 15) is 14.7 Å². The minimum absolute atomic E-state index is 0.112. The minimum atomic E-state index is -0.705. The normalized spacial score (nSPS) is 17.7. The molecule has 0 saturated carbocycles. The first-order valence-electron chi connectivity index (χ1n) is 7.08. The van der Waals surface area contributed by atoms with E-state index in [1.807, 2.05) is 24.3 Å². The highest BCUT2D eigenvalue weighted by Crippen LogP contribution is 2.28. The van der Waals surface area contributed by atoms with Crippen molar-refractivity contribution in [1.82, 2.24) is 10.4 Å². The lowest BCUT2D eigenvalue weighted by atomic mass is 10.0. The predicted molar refractivity (Wildman–Crippen MR) is 79.6 cm³/mol. The van der Waals surface area contributed by atoms with Gasteiger partial charge in [-0.1, -0.05) is 24.3 Å². The van der Waals surface area contributed by atoms with Gasteiger partial charge in [-0.15, -0.1) is 0 Å². The van der Waals surface area contributed by atoms with Gasteiger partial charge in [0.25, 0.3) is 11.8 Å². The van der Waals surface area contributed by atoms with Crippen molar-refractivity contribution in [1.29, 1.82) is 0 Å². The molecule has 1 saturated heterocycles. The molecule has 1 fully saturated rings. The lowest BCUT2D eigenvalue weighted by Crippen LogP contribution is -2.45. The van der Waals surface area contributed by atoms with E-state index >= 15 is 0 Å². The van der Waals surface area contributed by atoms with Crippen LogP contribution in [0.25, 0.3) is 10.8 Å². The number of hydrogen-bond acceptors (Lipinski definition) is 4. The van der Waals surface area contributed by atoms with Crippen LogP contribution < -0.4 is 5.48 Å². The highest BCUT2D eigenvalue weighted by molar-refractivity contribution is 6.03. The first kappa shape index (κ1) is 14.3. The van der Waals surface area contributed by atoms with Crippen LogP contribution in [0.15, 0.2) is 36.4 Å². The molecule has 1 aliphatic rings. The Labute approximate surface area is 126 Å². The van der Waals surface area contributed by atoms with Crippen LogP contribution in [-0.2, 0) is 4.79 Å². The highest BCUT2D eigenvalue weighted by atomic mass is 16.5.